The molecule has 5 rings (SSSR count). The molecule has 1 unspecified atom stereocenters. The highest BCUT2D eigenvalue weighted by atomic mass is 16.6. The lowest BCUT2D eigenvalue weighted by atomic mass is 9.89. The number of likely N-dealkylation sites (tertiary alicyclic amines) is 1. The molecule has 5 heteroatoms. The highest BCUT2D eigenvalue weighted by molar-refractivity contribution is 5.90. The summed E-state index contributed by atoms with van der Waals surface area (Å²) >= 11 is 0. The molecule has 3 aliphatic rings. The van der Waals surface area contributed by atoms with Crippen LogP contribution in [0.1, 0.15) is 48.8 Å². The molecular weight excluding hydrogens is 376 g/mol. The molecule has 2 aromatic carbocycles. The molecule has 5 nitrogen and oxygen atoms in total. The van der Waals surface area contributed by atoms with Crippen molar-refractivity contribution < 1.29 is 14.3 Å². The monoisotopic (exact) mass is 406 g/mol. The van der Waals surface area contributed by atoms with Crippen molar-refractivity contribution in [1.29, 1.82) is 0 Å². The van der Waals surface area contributed by atoms with E-state index in [0.29, 0.717) is 12.5 Å². The number of ether oxygens (including phenoxy) is 2. The highest BCUT2D eigenvalue weighted by Gasteiger charge is 2.47. The van der Waals surface area contributed by atoms with Crippen molar-refractivity contribution in [2.45, 2.75) is 51.2 Å². The Balaban J connectivity index is 1.24. The zero-order chi connectivity index (χ0) is 20.7. The number of amides is 1. The minimum atomic E-state index is -0.350. The summed E-state index contributed by atoms with van der Waals surface area (Å²) in [5, 5.41) is 0. The molecule has 0 bridgehead atoms. The maximum atomic E-state index is 12.5. The topological polar surface area (TPSA) is 42.0 Å². The fourth-order valence-corrected chi connectivity index (χ4v) is 5.09. The van der Waals surface area contributed by atoms with Gasteiger partial charge in [-0.1, -0.05) is 37.3 Å². The van der Waals surface area contributed by atoms with Crippen LogP contribution in [0.2, 0.25) is 0 Å². The Morgan fingerprint density at radius 2 is 1.90 bits per heavy atom. The van der Waals surface area contributed by atoms with Crippen LogP contribution in [-0.4, -0.2) is 42.8 Å². The molecule has 3 aliphatic heterocycles. The molecule has 1 spiro atoms. The second kappa shape index (κ2) is 7.62. The largest absolute Gasteiger partial charge is 0.493 e. The number of anilines is 1. The summed E-state index contributed by atoms with van der Waals surface area (Å²) in [6, 6.07) is 14.4. The predicted molar refractivity (Wildman–Crippen MR) is 117 cm³/mol. The summed E-state index contributed by atoms with van der Waals surface area (Å²) in [4.78, 5) is 16.8. The number of nitrogens with zero attached hydrogens (tertiary/aromatic N) is 2. The minimum Gasteiger partial charge on any atom is -0.493 e. The van der Waals surface area contributed by atoms with Gasteiger partial charge in [-0.15, -0.1) is 0 Å². The van der Waals surface area contributed by atoms with Gasteiger partial charge >= 0.3 is 6.09 Å². The average Bonchev–Trinajstić information content (AvgIpc) is 3.07. The molecule has 0 saturated carbocycles. The van der Waals surface area contributed by atoms with Crippen LogP contribution in [0.5, 0.6) is 5.75 Å². The van der Waals surface area contributed by atoms with Gasteiger partial charge < -0.3 is 9.47 Å². The number of piperidine rings is 1. The van der Waals surface area contributed by atoms with E-state index >= 15 is 0 Å². The van der Waals surface area contributed by atoms with E-state index in [9.17, 15) is 4.79 Å². The van der Waals surface area contributed by atoms with Gasteiger partial charge in [0.05, 0.1) is 13.2 Å². The van der Waals surface area contributed by atoms with Crippen molar-refractivity contribution in [3.63, 3.8) is 0 Å². The average molecular weight is 407 g/mol. The zero-order valence-electron chi connectivity index (χ0n) is 17.9. The molecule has 3 heterocycles. The van der Waals surface area contributed by atoms with Crippen LogP contribution in [0.3, 0.4) is 0 Å². The molecule has 2 aromatic rings. The Labute approximate surface area is 178 Å². The van der Waals surface area contributed by atoms with Crippen LogP contribution >= 0.6 is 0 Å². The molecule has 30 heavy (non-hydrogen) atoms. The number of carbonyl (C=O) groups excluding carboxylic acids is 1. The van der Waals surface area contributed by atoms with Gasteiger partial charge in [0, 0.05) is 38.2 Å². The normalized spacial score (nSPS) is 23.2. The summed E-state index contributed by atoms with van der Waals surface area (Å²) in [6.45, 7) is 8.74. The van der Waals surface area contributed by atoms with E-state index in [1.54, 1.807) is 4.90 Å². The van der Waals surface area contributed by atoms with E-state index in [-0.39, 0.29) is 11.7 Å². The van der Waals surface area contributed by atoms with Gasteiger partial charge in [-0.05, 0) is 48.1 Å². The first-order chi connectivity index (χ1) is 14.5. The van der Waals surface area contributed by atoms with Crippen molar-refractivity contribution in [2.24, 2.45) is 0 Å². The molecular formula is C25H30N2O3. The molecule has 0 aliphatic carbocycles. The van der Waals surface area contributed by atoms with Crippen molar-refractivity contribution in [3.8, 4) is 5.75 Å². The van der Waals surface area contributed by atoms with Gasteiger partial charge in [0.15, 0.2) is 0 Å². The number of fused-ring (bicyclic) bond motifs is 1. The van der Waals surface area contributed by atoms with E-state index in [4.69, 9.17) is 9.47 Å². The third kappa shape index (κ3) is 3.56. The van der Waals surface area contributed by atoms with E-state index in [2.05, 4.69) is 30.9 Å². The van der Waals surface area contributed by atoms with E-state index in [1.807, 2.05) is 30.3 Å². The van der Waals surface area contributed by atoms with Crippen LogP contribution in [-0.2, 0) is 11.3 Å². The maximum absolute atomic E-state index is 12.5. The molecule has 0 aromatic heterocycles. The first kappa shape index (κ1) is 19.4. The van der Waals surface area contributed by atoms with Gasteiger partial charge in [0.2, 0.25) is 0 Å². The molecule has 0 N–H and O–H groups in total. The summed E-state index contributed by atoms with van der Waals surface area (Å²) < 4.78 is 11.8. The molecule has 2 saturated heterocycles. The fraction of sp³-hybridized carbons (Fsp3) is 0.480. The maximum Gasteiger partial charge on any atom is 0.415 e. The number of para-hydroxylation sites is 1. The van der Waals surface area contributed by atoms with Crippen molar-refractivity contribution in [1.82, 2.24) is 4.90 Å². The van der Waals surface area contributed by atoms with E-state index in [0.717, 1.165) is 56.9 Å². The second-order valence-corrected chi connectivity index (χ2v) is 9.12. The standard InChI is InChI=1S/C25H30N2O3/c1-18-8-13-29-23-19(2)14-20(15-22(18)23)16-26-11-9-25(10-12-26)17-27(24(28)30-25)21-6-4-3-5-7-21/h3-7,14-15,18H,8-13,16-17H2,1-2H3. The van der Waals surface area contributed by atoms with Gasteiger partial charge in [-0.25, -0.2) is 4.79 Å². The number of hydrogen-bond donors (Lipinski definition) is 0. The van der Waals surface area contributed by atoms with Crippen LogP contribution in [0.4, 0.5) is 10.5 Å². The van der Waals surface area contributed by atoms with Gasteiger partial charge in [0.25, 0.3) is 0 Å². The third-order valence-corrected chi connectivity index (χ3v) is 6.90. The molecule has 1 atom stereocenters. The van der Waals surface area contributed by atoms with Crippen molar-refractivity contribution in [2.75, 3.05) is 31.1 Å². The fourth-order valence-electron chi connectivity index (χ4n) is 5.09. The van der Waals surface area contributed by atoms with Crippen LogP contribution in [0.15, 0.2) is 42.5 Å². The van der Waals surface area contributed by atoms with Crippen LogP contribution in [0.25, 0.3) is 0 Å². The Morgan fingerprint density at radius 1 is 1.13 bits per heavy atom. The Hall–Kier alpha value is -2.53. The van der Waals surface area contributed by atoms with Crippen molar-refractivity contribution in [3.05, 3.63) is 59.2 Å². The highest BCUT2D eigenvalue weighted by Crippen LogP contribution is 2.38. The minimum absolute atomic E-state index is 0.214. The first-order valence-corrected chi connectivity index (χ1v) is 11.1. The lowest BCUT2D eigenvalue weighted by molar-refractivity contribution is -0.000984. The summed E-state index contributed by atoms with van der Waals surface area (Å²) in [5.41, 5.74) is 4.52. The van der Waals surface area contributed by atoms with Crippen LogP contribution < -0.4 is 9.64 Å². The Kier molecular flexibility index (Phi) is 4.94. The van der Waals surface area contributed by atoms with E-state index < -0.39 is 0 Å². The lowest BCUT2D eigenvalue weighted by Gasteiger charge is -2.37. The van der Waals surface area contributed by atoms with Gasteiger partial charge in [0.1, 0.15) is 11.4 Å². The Bertz CT molecular complexity index is 935. The zero-order valence-corrected chi connectivity index (χ0v) is 17.9. The first-order valence-electron chi connectivity index (χ1n) is 11.1. The SMILES string of the molecule is Cc1cc(CN2CCC3(CC2)CN(c2ccccc2)C(=O)O3)cc2c1OCCC2C. The number of aryl methyl sites for hydroxylation is 1. The molecule has 1 amide bonds. The number of benzene rings is 2. The van der Waals surface area contributed by atoms with Gasteiger partial charge in [-0.2, -0.15) is 0 Å². The molecule has 0 radical (unpaired) electrons. The summed E-state index contributed by atoms with van der Waals surface area (Å²) in [7, 11) is 0. The number of rotatable bonds is 3. The second-order valence-electron chi connectivity index (χ2n) is 9.12. The number of hydrogen-bond acceptors (Lipinski definition) is 4. The molecule has 2 fully saturated rings. The Morgan fingerprint density at radius 3 is 2.67 bits per heavy atom. The smallest absolute Gasteiger partial charge is 0.415 e. The van der Waals surface area contributed by atoms with Crippen molar-refractivity contribution >= 4 is 11.8 Å². The quantitative estimate of drug-likeness (QED) is 0.729. The lowest BCUT2D eigenvalue weighted by Crippen LogP contribution is -2.46. The summed E-state index contributed by atoms with van der Waals surface area (Å²) in [5.74, 6) is 1.65. The van der Waals surface area contributed by atoms with Gasteiger partial charge in [-0.3, -0.25) is 9.80 Å². The third-order valence-electron chi connectivity index (χ3n) is 6.90. The summed E-state index contributed by atoms with van der Waals surface area (Å²) in [6.07, 6.45) is 2.64. The molecule has 158 valence electrons. The van der Waals surface area contributed by atoms with E-state index in [1.165, 1.54) is 16.7 Å². The van der Waals surface area contributed by atoms with Crippen LogP contribution in [0, 0.1) is 6.92 Å². The number of carbonyl (C=O) groups is 1. The predicted octanol–water partition coefficient (Wildman–Crippen LogP) is 4.87.